The summed E-state index contributed by atoms with van der Waals surface area (Å²) >= 11 is 1.22. The third-order valence-electron chi connectivity index (χ3n) is 2.74. The number of carbonyl (C=O) groups excluding carboxylic acids is 1. The molecule has 1 heterocycles. The predicted molar refractivity (Wildman–Crippen MR) is 86.3 cm³/mol. The van der Waals surface area contributed by atoms with Gasteiger partial charge in [-0.1, -0.05) is 42.1 Å². The Balaban J connectivity index is 2.19. The van der Waals surface area contributed by atoms with Crippen LogP contribution in [0.5, 0.6) is 0 Å². The first-order valence-corrected chi connectivity index (χ1v) is 7.87. The van der Waals surface area contributed by atoms with Crippen molar-refractivity contribution in [3.8, 4) is 17.3 Å². The number of esters is 1. The Kier molecular flexibility index (Phi) is 5.56. The topological polar surface area (TPSA) is 63.0 Å². The third kappa shape index (κ3) is 4.34. The highest BCUT2D eigenvalue weighted by atomic mass is 32.2. The van der Waals surface area contributed by atoms with Crippen molar-refractivity contribution in [1.82, 2.24) is 4.98 Å². The smallest absolute Gasteiger partial charge is 0.316 e. The van der Waals surface area contributed by atoms with Gasteiger partial charge in [0.2, 0.25) is 0 Å². The molecule has 4 nitrogen and oxygen atoms in total. The van der Waals surface area contributed by atoms with Crippen LogP contribution in [0.15, 0.2) is 47.5 Å². The molecular weight excluding hydrogens is 296 g/mol. The molecule has 0 saturated carbocycles. The summed E-state index contributed by atoms with van der Waals surface area (Å²) in [4.78, 5) is 16.1. The van der Waals surface area contributed by atoms with Crippen LogP contribution in [-0.4, -0.2) is 22.8 Å². The van der Waals surface area contributed by atoms with Crippen LogP contribution in [0.4, 0.5) is 0 Å². The molecule has 2 rings (SSSR count). The zero-order chi connectivity index (χ0) is 15.9. The minimum atomic E-state index is -0.309. The van der Waals surface area contributed by atoms with Crippen molar-refractivity contribution < 1.29 is 9.53 Å². The first kappa shape index (κ1) is 16.1. The van der Waals surface area contributed by atoms with Crippen LogP contribution in [0, 0.1) is 11.3 Å². The number of carbonyl (C=O) groups is 1. The first-order chi connectivity index (χ1) is 10.6. The Morgan fingerprint density at radius 2 is 2.00 bits per heavy atom. The molecule has 0 fully saturated rings. The van der Waals surface area contributed by atoms with Crippen LogP contribution >= 0.6 is 11.8 Å². The summed E-state index contributed by atoms with van der Waals surface area (Å²) in [5.41, 5.74) is 2.21. The molecule has 0 radical (unpaired) electrons. The van der Waals surface area contributed by atoms with Gasteiger partial charge in [0.05, 0.1) is 23.1 Å². The van der Waals surface area contributed by atoms with Crippen molar-refractivity contribution in [2.45, 2.75) is 25.0 Å². The number of nitriles is 1. The number of hydrogen-bond acceptors (Lipinski definition) is 5. The van der Waals surface area contributed by atoms with Crippen molar-refractivity contribution in [3.63, 3.8) is 0 Å². The van der Waals surface area contributed by atoms with Gasteiger partial charge in [-0.2, -0.15) is 5.26 Å². The number of aromatic nitrogens is 1. The van der Waals surface area contributed by atoms with E-state index < -0.39 is 0 Å². The van der Waals surface area contributed by atoms with Gasteiger partial charge < -0.3 is 4.74 Å². The van der Waals surface area contributed by atoms with Crippen LogP contribution in [0.2, 0.25) is 0 Å². The van der Waals surface area contributed by atoms with E-state index in [1.54, 1.807) is 19.9 Å². The molecule has 2 aromatic rings. The molecule has 0 aliphatic heterocycles. The summed E-state index contributed by atoms with van der Waals surface area (Å²) in [5, 5.41) is 9.72. The van der Waals surface area contributed by atoms with Crippen molar-refractivity contribution in [2.75, 3.05) is 5.75 Å². The monoisotopic (exact) mass is 312 g/mol. The maximum atomic E-state index is 11.6. The molecule has 0 unspecified atom stereocenters. The molecule has 5 heteroatoms. The van der Waals surface area contributed by atoms with Crippen LogP contribution in [-0.2, 0) is 9.53 Å². The van der Waals surface area contributed by atoms with Gasteiger partial charge in [0.1, 0.15) is 11.1 Å². The molecule has 22 heavy (non-hydrogen) atoms. The Bertz CT molecular complexity index is 694. The van der Waals surface area contributed by atoms with Gasteiger partial charge in [0.25, 0.3) is 0 Å². The third-order valence-corrected chi connectivity index (χ3v) is 3.71. The molecular formula is C17H16N2O2S. The lowest BCUT2D eigenvalue weighted by Gasteiger charge is -2.09. The van der Waals surface area contributed by atoms with E-state index in [0.29, 0.717) is 10.6 Å². The van der Waals surface area contributed by atoms with Gasteiger partial charge in [-0.3, -0.25) is 4.79 Å². The van der Waals surface area contributed by atoms with Crippen molar-refractivity contribution in [1.29, 1.82) is 5.26 Å². The maximum Gasteiger partial charge on any atom is 0.316 e. The van der Waals surface area contributed by atoms with Crippen molar-refractivity contribution in [3.05, 3.63) is 48.0 Å². The van der Waals surface area contributed by atoms with Gasteiger partial charge in [-0.05, 0) is 26.0 Å². The van der Waals surface area contributed by atoms with E-state index in [4.69, 9.17) is 4.74 Å². The second-order valence-corrected chi connectivity index (χ2v) is 5.82. The average molecular weight is 312 g/mol. The van der Waals surface area contributed by atoms with Crippen LogP contribution in [0.1, 0.15) is 19.4 Å². The standard InChI is InChI=1S/C17H16N2O2S/c1-12(2)21-16(20)11-22-17-14(10-18)8-9-15(19-17)13-6-4-3-5-7-13/h3-9,12H,11H2,1-2H3. The normalized spacial score (nSPS) is 10.3. The summed E-state index contributed by atoms with van der Waals surface area (Å²) in [5.74, 6) is -0.172. The number of benzene rings is 1. The van der Waals surface area contributed by atoms with E-state index >= 15 is 0 Å². The number of thioether (sulfide) groups is 1. The van der Waals surface area contributed by atoms with E-state index in [1.807, 2.05) is 36.4 Å². The van der Waals surface area contributed by atoms with Crippen LogP contribution in [0.25, 0.3) is 11.3 Å². The summed E-state index contributed by atoms with van der Waals surface area (Å²) in [6.45, 7) is 3.61. The van der Waals surface area contributed by atoms with E-state index in [0.717, 1.165) is 11.3 Å². The number of ether oxygens (including phenoxy) is 1. The van der Waals surface area contributed by atoms with Gasteiger partial charge in [0.15, 0.2) is 0 Å². The highest BCUT2D eigenvalue weighted by molar-refractivity contribution is 7.99. The van der Waals surface area contributed by atoms with E-state index in [9.17, 15) is 10.1 Å². The minimum absolute atomic E-state index is 0.137. The van der Waals surface area contributed by atoms with Crippen LogP contribution in [0.3, 0.4) is 0 Å². The molecule has 0 atom stereocenters. The SMILES string of the molecule is CC(C)OC(=O)CSc1nc(-c2ccccc2)ccc1C#N. The predicted octanol–water partition coefficient (Wildman–Crippen LogP) is 3.66. The first-order valence-electron chi connectivity index (χ1n) is 6.89. The summed E-state index contributed by atoms with van der Waals surface area (Å²) < 4.78 is 5.09. The summed E-state index contributed by atoms with van der Waals surface area (Å²) in [7, 11) is 0. The van der Waals surface area contributed by atoms with E-state index in [1.165, 1.54) is 11.8 Å². The van der Waals surface area contributed by atoms with Gasteiger partial charge in [0, 0.05) is 5.56 Å². The molecule has 0 spiro atoms. The molecule has 0 saturated heterocycles. The number of nitrogens with zero attached hydrogens (tertiary/aromatic N) is 2. The largest absolute Gasteiger partial charge is 0.462 e. The molecule has 0 amide bonds. The fourth-order valence-electron chi connectivity index (χ4n) is 1.83. The lowest BCUT2D eigenvalue weighted by Crippen LogP contribution is -2.13. The minimum Gasteiger partial charge on any atom is -0.462 e. The van der Waals surface area contributed by atoms with E-state index in [2.05, 4.69) is 11.1 Å². The number of rotatable bonds is 5. The van der Waals surface area contributed by atoms with Crippen molar-refractivity contribution in [2.24, 2.45) is 0 Å². The second-order valence-electron chi connectivity index (χ2n) is 4.85. The quantitative estimate of drug-likeness (QED) is 0.622. The lowest BCUT2D eigenvalue weighted by molar-refractivity contribution is -0.144. The highest BCUT2D eigenvalue weighted by Crippen LogP contribution is 2.25. The van der Waals surface area contributed by atoms with E-state index in [-0.39, 0.29) is 17.8 Å². The summed E-state index contributed by atoms with van der Waals surface area (Å²) in [6.07, 6.45) is -0.146. The Morgan fingerprint density at radius 1 is 1.27 bits per heavy atom. The van der Waals surface area contributed by atoms with Crippen molar-refractivity contribution >= 4 is 17.7 Å². The maximum absolute atomic E-state index is 11.6. The van der Waals surface area contributed by atoms with Crippen LogP contribution < -0.4 is 0 Å². The zero-order valence-corrected chi connectivity index (χ0v) is 13.3. The molecule has 1 aromatic heterocycles. The number of hydrogen-bond donors (Lipinski definition) is 0. The Hall–Kier alpha value is -2.32. The molecule has 0 bridgehead atoms. The van der Waals surface area contributed by atoms with Gasteiger partial charge in [-0.15, -0.1) is 0 Å². The summed E-state index contributed by atoms with van der Waals surface area (Å²) in [6, 6.07) is 15.3. The lowest BCUT2D eigenvalue weighted by atomic mass is 10.1. The molecule has 0 aliphatic carbocycles. The average Bonchev–Trinajstić information content (AvgIpc) is 2.53. The Labute approximate surface area is 134 Å². The number of pyridine rings is 1. The van der Waals surface area contributed by atoms with Gasteiger partial charge in [-0.25, -0.2) is 4.98 Å². The Morgan fingerprint density at radius 3 is 2.64 bits per heavy atom. The molecule has 112 valence electrons. The van der Waals surface area contributed by atoms with Gasteiger partial charge >= 0.3 is 5.97 Å². The highest BCUT2D eigenvalue weighted by Gasteiger charge is 2.12. The molecule has 1 aromatic carbocycles. The molecule has 0 aliphatic rings. The molecule has 0 N–H and O–H groups in total. The second kappa shape index (κ2) is 7.62. The fourth-order valence-corrected chi connectivity index (χ4v) is 2.58. The zero-order valence-electron chi connectivity index (χ0n) is 12.4. The fraction of sp³-hybridized carbons (Fsp3) is 0.235.